The molecule has 0 atom stereocenters. The van der Waals surface area contributed by atoms with Gasteiger partial charge < -0.3 is 15.0 Å². The van der Waals surface area contributed by atoms with Crippen molar-refractivity contribution in [3.63, 3.8) is 0 Å². The van der Waals surface area contributed by atoms with Gasteiger partial charge >= 0.3 is 0 Å². The van der Waals surface area contributed by atoms with Gasteiger partial charge in [-0.05, 0) is 61.7 Å². The quantitative estimate of drug-likeness (QED) is 0.312. The molecule has 178 valence electrons. The van der Waals surface area contributed by atoms with Crippen LogP contribution in [0, 0.1) is 18.3 Å². The fraction of sp³-hybridized carbons (Fsp3) is 0.250. The maximum Gasteiger partial charge on any atom is 0.255 e. The number of hydrogen-bond donors (Lipinski definition) is 1. The van der Waals surface area contributed by atoms with E-state index in [0.29, 0.717) is 41.2 Å². The molecule has 2 heterocycles. The maximum absolute atomic E-state index is 13.3. The minimum atomic E-state index is -0.0106. The summed E-state index contributed by atoms with van der Waals surface area (Å²) >= 11 is 0. The standard InChI is InChI=1S/C28H29N5O2/c1-4-15-32(16-5-2)28(34)25-19-33-27(20(25)3)26(21(17-29)18-30-33)31-22-11-13-24(14-12-22)35-23-9-7-6-8-10-23/h6-14,18-19,31H,4-5,15-16H2,1-3H3. The van der Waals surface area contributed by atoms with Gasteiger partial charge in [-0.25, -0.2) is 4.52 Å². The summed E-state index contributed by atoms with van der Waals surface area (Å²) < 4.78 is 7.55. The first kappa shape index (κ1) is 23.8. The summed E-state index contributed by atoms with van der Waals surface area (Å²) in [7, 11) is 0. The molecule has 35 heavy (non-hydrogen) atoms. The number of carbonyl (C=O) groups excluding carboxylic acids is 1. The van der Waals surface area contributed by atoms with Gasteiger partial charge in [0.15, 0.2) is 0 Å². The van der Waals surface area contributed by atoms with E-state index >= 15 is 0 Å². The van der Waals surface area contributed by atoms with Gasteiger partial charge in [-0.2, -0.15) is 10.4 Å². The Balaban J connectivity index is 1.67. The molecule has 0 aliphatic heterocycles. The lowest BCUT2D eigenvalue weighted by Crippen LogP contribution is -2.32. The van der Waals surface area contributed by atoms with Gasteiger partial charge in [-0.3, -0.25) is 4.79 Å². The second-order valence-corrected chi connectivity index (χ2v) is 8.36. The molecule has 4 aromatic rings. The number of nitriles is 1. The summed E-state index contributed by atoms with van der Waals surface area (Å²) in [6, 6.07) is 19.3. The molecule has 0 radical (unpaired) electrons. The van der Waals surface area contributed by atoms with Crippen molar-refractivity contribution < 1.29 is 9.53 Å². The smallest absolute Gasteiger partial charge is 0.255 e. The zero-order chi connectivity index (χ0) is 24.8. The van der Waals surface area contributed by atoms with Gasteiger partial charge in [0.1, 0.15) is 17.6 Å². The third kappa shape index (κ3) is 5.12. The van der Waals surface area contributed by atoms with Crippen molar-refractivity contribution in [2.75, 3.05) is 18.4 Å². The molecule has 0 aliphatic carbocycles. The molecule has 2 aromatic heterocycles. The van der Waals surface area contributed by atoms with Crippen molar-refractivity contribution in [1.29, 1.82) is 5.26 Å². The summed E-state index contributed by atoms with van der Waals surface area (Å²) in [4.78, 5) is 15.2. The molecule has 2 aromatic carbocycles. The van der Waals surface area contributed by atoms with Crippen molar-refractivity contribution in [2.24, 2.45) is 0 Å². The van der Waals surface area contributed by atoms with Gasteiger partial charge in [0.25, 0.3) is 5.91 Å². The van der Waals surface area contributed by atoms with E-state index in [1.54, 1.807) is 10.7 Å². The molecule has 0 unspecified atom stereocenters. The summed E-state index contributed by atoms with van der Waals surface area (Å²) in [6.07, 6.45) is 5.07. The summed E-state index contributed by atoms with van der Waals surface area (Å²) in [5.74, 6) is 1.46. The van der Waals surface area contributed by atoms with E-state index in [9.17, 15) is 10.1 Å². The van der Waals surface area contributed by atoms with Crippen LogP contribution in [0.4, 0.5) is 11.4 Å². The number of nitrogens with one attached hydrogen (secondary N) is 1. The van der Waals surface area contributed by atoms with Crippen LogP contribution in [-0.4, -0.2) is 33.5 Å². The van der Waals surface area contributed by atoms with E-state index < -0.39 is 0 Å². The van der Waals surface area contributed by atoms with E-state index in [1.165, 1.54) is 6.20 Å². The lowest BCUT2D eigenvalue weighted by Gasteiger charge is -2.21. The number of carbonyl (C=O) groups is 1. The fourth-order valence-corrected chi connectivity index (χ4v) is 4.12. The molecule has 1 N–H and O–H groups in total. The van der Waals surface area contributed by atoms with Crippen molar-refractivity contribution >= 4 is 22.8 Å². The number of rotatable bonds is 9. The van der Waals surface area contributed by atoms with Crippen LogP contribution < -0.4 is 10.1 Å². The molecule has 0 saturated carbocycles. The van der Waals surface area contributed by atoms with Gasteiger partial charge in [-0.15, -0.1) is 0 Å². The van der Waals surface area contributed by atoms with Crippen molar-refractivity contribution in [1.82, 2.24) is 14.5 Å². The number of nitrogens with zero attached hydrogens (tertiary/aromatic N) is 4. The predicted octanol–water partition coefficient (Wildman–Crippen LogP) is 6.31. The Morgan fingerprint density at radius 1 is 1.06 bits per heavy atom. The summed E-state index contributed by atoms with van der Waals surface area (Å²) in [5, 5.41) is 17.5. The van der Waals surface area contributed by atoms with Crippen LogP contribution in [0.25, 0.3) is 5.52 Å². The topological polar surface area (TPSA) is 82.7 Å². The number of aryl methyl sites for hydroxylation is 1. The van der Waals surface area contributed by atoms with Gasteiger partial charge in [-0.1, -0.05) is 32.0 Å². The number of aromatic nitrogens is 2. The van der Waals surface area contributed by atoms with Crippen LogP contribution in [0.15, 0.2) is 67.0 Å². The second-order valence-electron chi connectivity index (χ2n) is 8.36. The molecule has 7 heteroatoms. The van der Waals surface area contributed by atoms with E-state index in [4.69, 9.17) is 4.74 Å². The summed E-state index contributed by atoms with van der Waals surface area (Å²) in [5.41, 5.74) is 3.93. The van der Waals surface area contributed by atoms with Crippen LogP contribution in [0.2, 0.25) is 0 Å². The van der Waals surface area contributed by atoms with Gasteiger partial charge in [0.05, 0.1) is 28.5 Å². The number of anilines is 2. The van der Waals surface area contributed by atoms with Gasteiger partial charge in [0.2, 0.25) is 0 Å². The minimum absolute atomic E-state index is 0.0106. The zero-order valence-corrected chi connectivity index (χ0v) is 20.3. The van der Waals surface area contributed by atoms with Crippen LogP contribution in [0.3, 0.4) is 0 Å². The van der Waals surface area contributed by atoms with Crippen LogP contribution >= 0.6 is 0 Å². The van der Waals surface area contributed by atoms with Crippen molar-refractivity contribution in [2.45, 2.75) is 33.6 Å². The monoisotopic (exact) mass is 467 g/mol. The van der Waals surface area contributed by atoms with Crippen molar-refractivity contribution in [3.05, 3.63) is 83.7 Å². The molecule has 7 nitrogen and oxygen atoms in total. The molecular formula is C28H29N5O2. The Hall–Kier alpha value is -4.31. The number of amides is 1. The van der Waals surface area contributed by atoms with E-state index in [2.05, 4.69) is 30.3 Å². The van der Waals surface area contributed by atoms with E-state index in [1.807, 2.05) is 66.4 Å². The highest BCUT2D eigenvalue weighted by molar-refractivity contribution is 6.00. The highest BCUT2D eigenvalue weighted by Gasteiger charge is 2.23. The normalized spacial score (nSPS) is 10.7. The largest absolute Gasteiger partial charge is 0.457 e. The first-order valence-electron chi connectivity index (χ1n) is 11.9. The number of benzene rings is 2. The predicted molar refractivity (Wildman–Crippen MR) is 137 cm³/mol. The third-order valence-electron chi connectivity index (χ3n) is 5.78. The Morgan fingerprint density at radius 3 is 2.34 bits per heavy atom. The average molecular weight is 468 g/mol. The molecular weight excluding hydrogens is 438 g/mol. The lowest BCUT2D eigenvalue weighted by molar-refractivity contribution is 0.0755. The Bertz CT molecular complexity index is 1350. The highest BCUT2D eigenvalue weighted by atomic mass is 16.5. The summed E-state index contributed by atoms with van der Waals surface area (Å²) in [6.45, 7) is 7.45. The van der Waals surface area contributed by atoms with Crippen molar-refractivity contribution in [3.8, 4) is 17.6 Å². The SMILES string of the molecule is CCCN(CCC)C(=O)c1cn2ncc(C#N)c(Nc3ccc(Oc4ccccc4)cc3)c2c1C. The van der Waals surface area contributed by atoms with Gasteiger partial charge in [0, 0.05) is 25.0 Å². The van der Waals surface area contributed by atoms with E-state index in [0.717, 1.165) is 29.8 Å². The maximum atomic E-state index is 13.3. The number of para-hydroxylation sites is 1. The van der Waals surface area contributed by atoms with Crippen LogP contribution in [0.1, 0.15) is 48.2 Å². The molecule has 0 fully saturated rings. The van der Waals surface area contributed by atoms with Crippen LogP contribution in [-0.2, 0) is 0 Å². The Morgan fingerprint density at radius 2 is 1.71 bits per heavy atom. The minimum Gasteiger partial charge on any atom is -0.457 e. The zero-order valence-electron chi connectivity index (χ0n) is 20.3. The number of fused-ring (bicyclic) bond motifs is 1. The Labute approximate surface area is 205 Å². The average Bonchev–Trinajstić information content (AvgIpc) is 3.22. The second kappa shape index (κ2) is 10.7. The first-order valence-corrected chi connectivity index (χ1v) is 11.9. The molecule has 0 spiro atoms. The number of hydrogen-bond acceptors (Lipinski definition) is 5. The molecule has 1 amide bonds. The number of ether oxygens (including phenoxy) is 1. The molecule has 4 rings (SSSR count). The fourth-order valence-electron chi connectivity index (χ4n) is 4.12. The first-order chi connectivity index (χ1) is 17.0. The molecule has 0 bridgehead atoms. The molecule has 0 saturated heterocycles. The van der Waals surface area contributed by atoms with Crippen LogP contribution in [0.5, 0.6) is 11.5 Å². The molecule has 0 aliphatic rings. The third-order valence-corrected chi connectivity index (χ3v) is 5.78. The van der Waals surface area contributed by atoms with E-state index in [-0.39, 0.29) is 5.91 Å². The highest BCUT2D eigenvalue weighted by Crippen LogP contribution is 2.32. The Kier molecular flexibility index (Phi) is 7.32. The lowest BCUT2D eigenvalue weighted by atomic mass is 10.1.